The van der Waals surface area contributed by atoms with Crippen LogP contribution in [0.15, 0.2) is 18.5 Å². The van der Waals surface area contributed by atoms with Gasteiger partial charge in [0.2, 0.25) is 0 Å². The van der Waals surface area contributed by atoms with E-state index in [-0.39, 0.29) is 11.7 Å². The first-order valence-electron chi connectivity index (χ1n) is 8.48. The minimum atomic E-state index is -3.89. The van der Waals surface area contributed by atoms with E-state index in [1.807, 2.05) is 12.1 Å². The third kappa shape index (κ3) is 4.16. The highest BCUT2D eigenvalue weighted by molar-refractivity contribution is 7.85. The number of rotatable bonds is 6. The van der Waals surface area contributed by atoms with Crippen LogP contribution in [0.25, 0.3) is 10.9 Å². The van der Waals surface area contributed by atoms with Crippen molar-refractivity contribution in [1.29, 1.82) is 0 Å². The van der Waals surface area contributed by atoms with Crippen LogP contribution in [0.2, 0.25) is 0 Å². The Balaban J connectivity index is 1.79. The Labute approximate surface area is 152 Å². The number of methoxy groups -OCH3 is 2. The number of hydrogen-bond donors (Lipinski definition) is 1. The maximum absolute atomic E-state index is 10.9. The molecule has 0 spiro atoms. The topological polar surface area (TPSA) is 102 Å². The van der Waals surface area contributed by atoms with Crippen LogP contribution in [0.3, 0.4) is 0 Å². The highest BCUT2D eigenvalue weighted by Crippen LogP contribution is 2.35. The minimum absolute atomic E-state index is 0.175. The fourth-order valence-corrected chi connectivity index (χ4v) is 4.00. The molecule has 0 atom stereocenters. The van der Waals surface area contributed by atoms with Gasteiger partial charge in [0.15, 0.2) is 11.5 Å². The van der Waals surface area contributed by atoms with Crippen molar-refractivity contribution in [2.75, 3.05) is 38.0 Å². The van der Waals surface area contributed by atoms with Gasteiger partial charge in [-0.1, -0.05) is 0 Å². The lowest BCUT2D eigenvalue weighted by Crippen LogP contribution is -2.35. The minimum Gasteiger partial charge on any atom is -0.493 e. The van der Waals surface area contributed by atoms with Crippen LogP contribution in [0.1, 0.15) is 19.3 Å². The lowest BCUT2D eigenvalue weighted by molar-refractivity contribution is 0.355. The average Bonchev–Trinajstić information content (AvgIpc) is 2.64. The smallest absolute Gasteiger partial charge is 0.264 e. The van der Waals surface area contributed by atoms with Gasteiger partial charge in [-0.3, -0.25) is 4.55 Å². The summed E-state index contributed by atoms with van der Waals surface area (Å²) in [5.74, 6) is 2.19. The molecule has 8 nitrogen and oxygen atoms in total. The molecule has 1 aliphatic heterocycles. The second-order valence-electron chi connectivity index (χ2n) is 6.43. The zero-order valence-electron chi connectivity index (χ0n) is 14.9. The van der Waals surface area contributed by atoms with Gasteiger partial charge in [-0.2, -0.15) is 8.42 Å². The van der Waals surface area contributed by atoms with Gasteiger partial charge >= 0.3 is 0 Å². The number of hydrogen-bond acceptors (Lipinski definition) is 7. The Hall–Kier alpha value is -2.13. The second kappa shape index (κ2) is 7.63. The van der Waals surface area contributed by atoms with E-state index < -0.39 is 10.1 Å². The van der Waals surface area contributed by atoms with Crippen molar-refractivity contribution in [3.8, 4) is 11.5 Å². The number of aromatic nitrogens is 2. The molecule has 0 amide bonds. The van der Waals surface area contributed by atoms with E-state index in [0.717, 1.165) is 42.7 Å². The summed E-state index contributed by atoms with van der Waals surface area (Å²) in [5.41, 5.74) is 0.779. The molecular formula is C17H23N3O5S. The fraction of sp³-hybridized carbons (Fsp3) is 0.529. The van der Waals surface area contributed by atoms with Gasteiger partial charge in [-0.15, -0.1) is 0 Å². The quantitative estimate of drug-likeness (QED) is 0.760. The Kier molecular flexibility index (Phi) is 5.47. The molecule has 0 radical (unpaired) electrons. The third-order valence-corrected chi connectivity index (χ3v) is 5.57. The molecule has 142 valence electrons. The van der Waals surface area contributed by atoms with Crippen LogP contribution in [0.5, 0.6) is 11.5 Å². The van der Waals surface area contributed by atoms with Crippen LogP contribution in [0.4, 0.5) is 5.82 Å². The largest absolute Gasteiger partial charge is 0.493 e. The Morgan fingerprint density at radius 2 is 1.81 bits per heavy atom. The molecule has 1 aliphatic rings. The van der Waals surface area contributed by atoms with Crippen LogP contribution >= 0.6 is 0 Å². The summed E-state index contributed by atoms with van der Waals surface area (Å²) in [5, 5.41) is 0.890. The summed E-state index contributed by atoms with van der Waals surface area (Å²) >= 11 is 0. The van der Waals surface area contributed by atoms with Crippen molar-refractivity contribution < 1.29 is 22.4 Å². The first-order valence-corrected chi connectivity index (χ1v) is 10.1. The molecule has 2 heterocycles. The molecule has 0 aliphatic carbocycles. The van der Waals surface area contributed by atoms with E-state index in [0.29, 0.717) is 17.9 Å². The highest BCUT2D eigenvalue weighted by atomic mass is 32.2. The van der Waals surface area contributed by atoms with Gasteiger partial charge in [-0.25, -0.2) is 9.97 Å². The Morgan fingerprint density at radius 1 is 1.15 bits per heavy atom. The standard InChI is InChI=1S/C17H23N3O5S/c1-24-15-9-13-14(10-16(15)25-2)18-11-19-17(13)20-6-3-12(4-7-20)5-8-26(21,22)23/h9-12H,3-8H2,1-2H3,(H,21,22,23). The number of benzene rings is 1. The monoisotopic (exact) mass is 381 g/mol. The Bertz CT molecular complexity index is 879. The van der Waals surface area contributed by atoms with E-state index in [2.05, 4.69) is 14.9 Å². The van der Waals surface area contributed by atoms with Gasteiger partial charge < -0.3 is 14.4 Å². The molecule has 0 bridgehead atoms. The maximum Gasteiger partial charge on any atom is 0.264 e. The number of anilines is 1. The molecular weight excluding hydrogens is 358 g/mol. The first kappa shape index (κ1) is 18.7. The summed E-state index contributed by atoms with van der Waals surface area (Å²) in [7, 11) is -0.715. The summed E-state index contributed by atoms with van der Waals surface area (Å²) in [4.78, 5) is 11.0. The third-order valence-electron chi connectivity index (χ3n) is 4.82. The second-order valence-corrected chi connectivity index (χ2v) is 8.00. The molecule has 0 unspecified atom stereocenters. The predicted molar refractivity (Wildman–Crippen MR) is 98.6 cm³/mol. The number of ether oxygens (including phenoxy) is 2. The maximum atomic E-state index is 10.9. The van der Waals surface area contributed by atoms with Gasteiger partial charge in [0.25, 0.3) is 10.1 Å². The molecule has 1 fully saturated rings. The molecule has 1 aromatic carbocycles. The summed E-state index contributed by atoms with van der Waals surface area (Å²) < 4.78 is 41.5. The molecule has 3 rings (SSSR count). The molecule has 1 aromatic heterocycles. The zero-order chi connectivity index (χ0) is 18.7. The Morgan fingerprint density at radius 3 is 2.42 bits per heavy atom. The van der Waals surface area contributed by atoms with Crippen LogP contribution in [-0.4, -0.2) is 56.0 Å². The number of fused-ring (bicyclic) bond motifs is 1. The summed E-state index contributed by atoms with van der Waals surface area (Å²) in [6, 6.07) is 3.71. The summed E-state index contributed by atoms with van der Waals surface area (Å²) in [6.07, 6.45) is 3.73. The molecule has 26 heavy (non-hydrogen) atoms. The first-order chi connectivity index (χ1) is 12.4. The lowest BCUT2D eigenvalue weighted by atomic mass is 9.94. The fourth-order valence-electron chi connectivity index (χ4n) is 3.37. The highest BCUT2D eigenvalue weighted by Gasteiger charge is 2.23. The van der Waals surface area contributed by atoms with Crippen molar-refractivity contribution >= 4 is 26.8 Å². The average molecular weight is 381 g/mol. The summed E-state index contributed by atoms with van der Waals surface area (Å²) in [6.45, 7) is 1.55. The van der Waals surface area contributed by atoms with Crippen LogP contribution in [-0.2, 0) is 10.1 Å². The van der Waals surface area contributed by atoms with Crippen molar-refractivity contribution in [1.82, 2.24) is 9.97 Å². The molecule has 1 saturated heterocycles. The van der Waals surface area contributed by atoms with Gasteiger partial charge in [0.05, 0.1) is 25.5 Å². The molecule has 1 N–H and O–H groups in total. The van der Waals surface area contributed by atoms with Gasteiger partial charge in [0, 0.05) is 24.5 Å². The van der Waals surface area contributed by atoms with Crippen LogP contribution in [0, 0.1) is 5.92 Å². The van der Waals surface area contributed by atoms with E-state index in [4.69, 9.17) is 14.0 Å². The van der Waals surface area contributed by atoms with Gasteiger partial charge in [-0.05, 0) is 31.2 Å². The lowest BCUT2D eigenvalue weighted by Gasteiger charge is -2.33. The predicted octanol–water partition coefficient (Wildman–Crippen LogP) is 2.14. The van der Waals surface area contributed by atoms with E-state index in [1.165, 1.54) is 6.33 Å². The van der Waals surface area contributed by atoms with E-state index in [9.17, 15) is 8.42 Å². The number of piperidine rings is 1. The SMILES string of the molecule is COc1cc2ncnc(N3CCC(CCS(=O)(=O)O)CC3)c2cc1OC. The van der Waals surface area contributed by atoms with E-state index >= 15 is 0 Å². The zero-order valence-corrected chi connectivity index (χ0v) is 15.7. The number of nitrogens with zero attached hydrogens (tertiary/aromatic N) is 3. The molecule has 2 aromatic rings. The van der Waals surface area contributed by atoms with E-state index in [1.54, 1.807) is 14.2 Å². The van der Waals surface area contributed by atoms with Crippen molar-refractivity contribution in [2.45, 2.75) is 19.3 Å². The van der Waals surface area contributed by atoms with Crippen molar-refractivity contribution in [3.63, 3.8) is 0 Å². The van der Waals surface area contributed by atoms with Crippen LogP contribution < -0.4 is 14.4 Å². The molecule has 0 saturated carbocycles. The van der Waals surface area contributed by atoms with Crippen molar-refractivity contribution in [2.24, 2.45) is 5.92 Å². The van der Waals surface area contributed by atoms with Crippen molar-refractivity contribution in [3.05, 3.63) is 18.5 Å². The molecule has 9 heteroatoms. The van der Waals surface area contributed by atoms with Gasteiger partial charge in [0.1, 0.15) is 12.1 Å². The normalized spacial score (nSPS) is 16.0.